The highest BCUT2D eigenvalue weighted by molar-refractivity contribution is 9.10. The van der Waals surface area contributed by atoms with Crippen LogP contribution in [0, 0.1) is 0 Å². The second-order valence-electron chi connectivity index (χ2n) is 4.11. The Morgan fingerprint density at radius 1 is 1.50 bits per heavy atom. The number of hydrogen-bond acceptors (Lipinski definition) is 4. The number of hydrogen-bond donors (Lipinski definition) is 1. The molecule has 1 unspecified atom stereocenters. The van der Waals surface area contributed by atoms with Crippen molar-refractivity contribution in [1.82, 2.24) is 19.7 Å². The summed E-state index contributed by atoms with van der Waals surface area (Å²) in [5.74, 6) is 0. The summed E-state index contributed by atoms with van der Waals surface area (Å²) in [7, 11) is 0. The van der Waals surface area contributed by atoms with E-state index in [0.29, 0.717) is 22.2 Å². The van der Waals surface area contributed by atoms with Crippen molar-refractivity contribution in [2.75, 3.05) is 6.61 Å². The maximum Gasteiger partial charge on any atom is 0.264 e. The zero-order valence-corrected chi connectivity index (χ0v) is 11.7. The third kappa shape index (κ3) is 1.96. The van der Waals surface area contributed by atoms with Crippen LogP contribution in [0.5, 0.6) is 0 Å². The predicted molar refractivity (Wildman–Crippen MR) is 69.7 cm³/mol. The van der Waals surface area contributed by atoms with Crippen LogP contribution in [0.4, 0.5) is 0 Å². The minimum Gasteiger partial charge on any atom is -0.356 e. The molecule has 18 heavy (non-hydrogen) atoms. The summed E-state index contributed by atoms with van der Waals surface area (Å²) >= 11 is 9.05. The Labute approximate surface area is 115 Å². The van der Waals surface area contributed by atoms with Crippen LogP contribution >= 0.6 is 27.5 Å². The lowest BCUT2D eigenvalue weighted by atomic mass is 10.2. The van der Waals surface area contributed by atoms with Gasteiger partial charge in [-0.25, -0.2) is 4.68 Å². The molecule has 1 atom stereocenters. The molecule has 0 radical (unpaired) electrons. The zero-order chi connectivity index (χ0) is 12.7. The van der Waals surface area contributed by atoms with E-state index < -0.39 is 0 Å². The van der Waals surface area contributed by atoms with Crippen molar-refractivity contribution < 1.29 is 4.74 Å². The maximum atomic E-state index is 11.8. The lowest BCUT2D eigenvalue weighted by Crippen LogP contribution is -2.20. The van der Waals surface area contributed by atoms with Gasteiger partial charge in [-0.1, -0.05) is 0 Å². The van der Waals surface area contributed by atoms with E-state index >= 15 is 0 Å². The molecular weight excluding hydrogens is 323 g/mol. The molecule has 3 rings (SSSR count). The maximum absolute atomic E-state index is 11.8. The largest absolute Gasteiger partial charge is 0.356 e. The van der Waals surface area contributed by atoms with Crippen molar-refractivity contribution in [2.45, 2.75) is 25.5 Å². The lowest BCUT2D eigenvalue weighted by molar-refractivity contribution is -0.0371. The van der Waals surface area contributed by atoms with Crippen LogP contribution in [0.3, 0.4) is 0 Å². The molecule has 96 valence electrons. The standard InChI is InChI=1S/C10H10BrClN4O2/c11-7-6-8(13-10(12)14-9(6)17)16(15-7)5-3-1-2-4-18-5/h5H,1-4H2,(H,13,14,17). The first-order valence-electron chi connectivity index (χ1n) is 5.62. The second kappa shape index (κ2) is 4.64. The summed E-state index contributed by atoms with van der Waals surface area (Å²) in [6.45, 7) is 0.695. The Balaban J connectivity index is 2.20. The summed E-state index contributed by atoms with van der Waals surface area (Å²) in [5, 5.41) is 4.73. The lowest BCUT2D eigenvalue weighted by Gasteiger charge is -2.22. The fourth-order valence-corrected chi connectivity index (χ4v) is 2.79. The highest BCUT2D eigenvalue weighted by atomic mass is 79.9. The van der Waals surface area contributed by atoms with Gasteiger partial charge in [0.05, 0.1) is 0 Å². The molecular formula is C10H10BrClN4O2. The molecule has 1 aliphatic rings. The average molecular weight is 334 g/mol. The Kier molecular flexibility index (Phi) is 3.13. The summed E-state index contributed by atoms with van der Waals surface area (Å²) < 4.78 is 7.73. The van der Waals surface area contributed by atoms with Crippen molar-refractivity contribution in [3.8, 4) is 0 Å². The fourth-order valence-electron chi connectivity index (χ4n) is 2.10. The number of ether oxygens (including phenoxy) is 1. The SMILES string of the molecule is O=c1[nH]c(Cl)nc2c1c(Br)nn2C1CCCCO1. The van der Waals surface area contributed by atoms with E-state index in [1.165, 1.54) is 0 Å². The molecule has 1 aliphatic heterocycles. The quantitative estimate of drug-likeness (QED) is 0.812. The monoisotopic (exact) mass is 332 g/mol. The topological polar surface area (TPSA) is 72.8 Å². The van der Waals surface area contributed by atoms with Crippen molar-refractivity contribution in [1.29, 1.82) is 0 Å². The molecule has 0 amide bonds. The molecule has 3 heterocycles. The number of nitrogens with zero attached hydrogens (tertiary/aromatic N) is 3. The highest BCUT2D eigenvalue weighted by Crippen LogP contribution is 2.27. The first-order chi connectivity index (χ1) is 8.66. The van der Waals surface area contributed by atoms with Crippen LogP contribution in [-0.2, 0) is 4.74 Å². The minimum atomic E-state index is -0.307. The van der Waals surface area contributed by atoms with Crippen molar-refractivity contribution in [3.05, 3.63) is 20.2 Å². The molecule has 0 aliphatic carbocycles. The minimum absolute atomic E-state index is 0.0527. The third-order valence-corrected chi connectivity index (χ3v) is 3.65. The van der Waals surface area contributed by atoms with E-state index in [9.17, 15) is 4.79 Å². The van der Waals surface area contributed by atoms with Gasteiger partial charge < -0.3 is 4.74 Å². The molecule has 2 aromatic rings. The Hall–Kier alpha value is -0.920. The van der Waals surface area contributed by atoms with Crippen LogP contribution in [0.15, 0.2) is 9.40 Å². The van der Waals surface area contributed by atoms with Crippen LogP contribution in [-0.4, -0.2) is 26.4 Å². The van der Waals surface area contributed by atoms with Crippen LogP contribution in [0.2, 0.25) is 5.28 Å². The van der Waals surface area contributed by atoms with Gasteiger partial charge >= 0.3 is 0 Å². The Morgan fingerprint density at radius 3 is 3.06 bits per heavy atom. The molecule has 2 aromatic heterocycles. The van der Waals surface area contributed by atoms with Gasteiger partial charge in [-0.15, -0.1) is 0 Å². The molecule has 1 N–H and O–H groups in total. The van der Waals surface area contributed by atoms with Crippen LogP contribution < -0.4 is 5.56 Å². The van der Waals surface area contributed by atoms with Crippen LogP contribution in [0.1, 0.15) is 25.5 Å². The number of rotatable bonds is 1. The van der Waals surface area contributed by atoms with Crippen LogP contribution in [0.25, 0.3) is 11.0 Å². The molecule has 0 aromatic carbocycles. The first-order valence-corrected chi connectivity index (χ1v) is 6.79. The molecule has 8 heteroatoms. The van der Waals surface area contributed by atoms with Gasteiger partial charge in [-0.05, 0) is 46.8 Å². The summed E-state index contributed by atoms with van der Waals surface area (Å²) in [5.41, 5.74) is 0.140. The predicted octanol–water partition coefficient (Wildman–Crippen LogP) is 2.23. The number of aromatic nitrogens is 4. The molecule has 0 spiro atoms. The van der Waals surface area contributed by atoms with E-state index in [0.717, 1.165) is 19.3 Å². The molecule has 0 saturated carbocycles. The van der Waals surface area contributed by atoms with Crippen molar-refractivity contribution >= 4 is 38.6 Å². The summed E-state index contributed by atoms with van der Waals surface area (Å²) in [4.78, 5) is 18.4. The van der Waals surface area contributed by atoms with Crippen molar-refractivity contribution in [2.24, 2.45) is 0 Å². The van der Waals surface area contributed by atoms with E-state index in [1.807, 2.05) is 0 Å². The number of nitrogens with one attached hydrogen (secondary N) is 1. The van der Waals surface area contributed by atoms with Gasteiger partial charge in [0.1, 0.15) is 9.99 Å². The first kappa shape index (κ1) is 12.1. The zero-order valence-electron chi connectivity index (χ0n) is 9.32. The van der Waals surface area contributed by atoms with Gasteiger partial charge in [0.2, 0.25) is 5.28 Å². The van der Waals surface area contributed by atoms with E-state index in [1.54, 1.807) is 4.68 Å². The van der Waals surface area contributed by atoms with Gasteiger partial charge in [0.15, 0.2) is 11.9 Å². The van der Waals surface area contributed by atoms with Crippen molar-refractivity contribution in [3.63, 3.8) is 0 Å². The number of aromatic amines is 1. The van der Waals surface area contributed by atoms with E-state index in [2.05, 4.69) is 31.0 Å². The van der Waals surface area contributed by atoms with Gasteiger partial charge in [0, 0.05) is 6.61 Å². The second-order valence-corrected chi connectivity index (χ2v) is 5.22. The van der Waals surface area contributed by atoms with E-state index in [-0.39, 0.29) is 17.1 Å². The Morgan fingerprint density at radius 2 is 2.33 bits per heavy atom. The van der Waals surface area contributed by atoms with Gasteiger partial charge in [-0.3, -0.25) is 9.78 Å². The summed E-state index contributed by atoms with van der Waals surface area (Å²) in [6, 6.07) is 0. The third-order valence-electron chi connectivity index (χ3n) is 2.92. The molecule has 1 fully saturated rings. The number of halogens is 2. The number of H-pyrrole nitrogens is 1. The molecule has 1 saturated heterocycles. The molecule has 0 bridgehead atoms. The average Bonchev–Trinajstić information content (AvgIpc) is 2.67. The normalized spacial score (nSPS) is 20.4. The fraction of sp³-hybridized carbons (Fsp3) is 0.500. The molecule has 6 nitrogen and oxygen atoms in total. The van der Waals surface area contributed by atoms with E-state index in [4.69, 9.17) is 16.3 Å². The van der Waals surface area contributed by atoms with Gasteiger partial charge in [-0.2, -0.15) is 10.1 Å². The van der Waals surface area contributed by atoms with Gasteiger partial charge in [0.25, 0.3) is 5.56 Å². The highest BCUT2D eigenvalue weighted by Gasteiger charge is 2.23. The number of fused-ring (bicyclic) bond motifs is 1. The Bertz CT molecular complexity index is 647. The summed E-state index contributed by atoms with van der Waals surface area (Å²) in [6.07, 6.45) is 2.79. The smallest absolute Gasteiger partial charge is 0.264 e.